The Balaban J connectivity index is 2.36. The molecule has 96 valence electrons. The normalized spacial score (nSPS) is 11.1. The molecule has 0 aliphatic heterocycles. The van der Waals surface area contributed by atoms with E-state index < -0.39 is 0 Å². The summed E-state index contributed by atoms with van der Waals surface area (Å²) < 4.78 is 3.77. The van der Waals surface area contributed by atoms with Gasteiger partial charge >= 0.3 is 0 Å². The van der Waals surface area contributed by atoms with Crippen molar-refractivity contribution in [2.24, 2.45) is 0 Å². The fourth-order valence-electron chi connectivity index (χ4n) is 2.23. The van der Waals surface area contributed by atoms with E-state index in [0.717, 1.165) is 21.3 Å². The summed E-state index contributed by atoms with van der Waals surface area (Å²) in [6.07, 6.45) is 1.78. The van der Waals surface area contributed by atoms with Crippen molar-refractivity contribution in [3.05, 3.63) is 50.8 Å². The molecule has 1 N–H and O–H groups in total. The van der Waals surface area contributed by atoms with E-state index in [-0.39, 0.29) is 0 Å². The molecule has 0 saturated carbocycles. The molecular weight excluding hydrogens is 322 g/mol. The van der Waals surface area contributed by atoms with Crippen LogP contribution in [0.1, 0.15) is 11.1 Å². The number of aromatic nitrogens is 3. The van der Waals surface area contributed by atoms with Gasteiger partial charge in [0.2, 0.25) is 0 Å². The lowest BCUT2D eigenvalue weighted by molar-refractivity contribution is 1.03. The van der Waals surface area contributed by atoms with Gasteiger partial charge in [0.15, 0.2) is 10.4 Å². The Bertz CT molecular complexity index is 809. The van der Waals surface area contributed by atoms with Crippen molar-refractivity contribution >= 4 is 39.3 Å². The lowest BCUT2D eigenvalue weighted by Crippen LogP contribution is -1.97. The lowest BCUT2D eigenvalue weighted by atomic mass is 10.1. The lowest BCUT2D eigenvalue weighted by Gasteiger charge is -2.09. The third-order valence-electron chi connectivity index (χ3n) is 3.12. The summed E-state index contributed by atoms with van der Waals surface area (Å²) in [7, 11) is 0. The van der Waals surface area contributed by atoms with E-state index in [1.165, 1.54) is 11.1 Å². The van der Waals surface area contributed by atoms with Gasteiger partial charge in [-0.3, -0.25) is 4.57 Å². The zero-order valence-electron chi connectivity index (χ0n) is 10.6. The van der Waals surface area contributed by atoms with Crippen LogP contribution >= 0.6 is 28.1 Å². The Kier molecular flexibility index (Phi) is 3.03. The zero-order valence-corrected chi connectivity index (χ0v) is 13.0. The molecule has 0 unspecified atom stereocenters. The van der Waals surface area contributed by atoms with Crippen LogP contribution in [-0.2, 0) is 0 Å². The number of aryl methyl sites for hydroxylation is 2. The van der Waals surface area contributed by atoms with Crippen LogP contribution in [0.15, 0.2) is 34.9 Å². The van der Waals surface area contributed by atoms with Crippen molar-refractivity contribution in [2.75, 3.05) is 0 Å². The monoisotopic (exact) mass is 333 g/mol. The molecule has 0 amide bonds. The molecule has 2 aromatic heterocycles. The predicted molar refractivity (Wildman–Crippen MR) is 83.4 cm³/mol. The molecule has 0 fully saturated rings. The highest BCUT2D eigenvalue weighted by Crippen LogP contribution is 2.26. The summed E-state index contributed by atoms with van der Waals surface area (Å²) in [5.41, 5.74) is 5.21. The second-order valence-corrected chi connectivity index (χ2v) is 5.71. The first-order valence-corrected chi connectivity index (χ1v) is 7.11. The summed E-state index contributed by atoms with van der Waals surface area (Å²) in [4.78, 5) is 7.60. The number of aromatic amines is 1. The number of nitrogens with one attached hydrogen (secondary N) is 1. The summed E-state index contributed by atoms with van der Waals surface area (Å²) in [6.45, 7) is 4.15. The Morgan fingerprint density at radius 2 is 1.95 bits per heavy atom. The molecule has 0 saturated heterocycles. The third kappa shape index (κ3) is 2.03. The van der Waals surface area contributed by atoms with Gasteiger partial charge in [0.1, 0.15) is 0 Å². The quantitative estimate of drug-likeness (QED) is 0.667. The van der Waals surface area contributed by atoms with Crippen LogP contribution in [0.4, 0.5) is 0 Å². The average molecular weight is 334 g/mol. The van der Waals surface area contributed by atoms with Crippen molar-refractivity contribution in [3.8, 4) is 5.69 Å². The molecular formula is C14H12BrN3S. The first kappa shape index (κ1) is 12.6. The highest BCUT2D eigenvalue weighted by molar-refractivity contribution is 9.10. The van der Waals surface area contributed by atoms with Crippen molar-refractivity contribution in [2.45, 2.75) is 13.8 Å². The van der Waals surface area contributed by atoms with Crippen LogP contribution in [0.2, 0.25) is 0 Å². The van der Waals surface area contributed by atoms with Gasteiger partial charge in [-0.15, -0.1) is 0 Å². The van der Waals surface area contributed by atoms with E-state index in [2.05, 4.69) is 51.9 Å². The van der Waals surface area contributed by atoms with Crippen molar-refractivity contribution in [3.63, 3.8) is 0 Å². The van der Waals surface area contributed by atoms with Crippen molar-refractivity contribution in [1.82, 2.24) is 14.5 Å². The second-order valence-electron chi connectivity index (χ2n) is 4.53. The number of nitrogens with zero attached hydrogens (tertiary/aromatic N) is 2. The summed E-state index contributed by atoms with van der Waals surface area (Å²) in [5.74, 6) is 0. The van der Waals surface area contributed by atoms with Crippen LogP contribution < -0.4 is 0 Å². The number of benzene rings is 1. The first-order valence-electron chi connectivity index (χ1n) is 5.91. The van der Waals surface area contributed by atoms with Crippen molar-refractivity contribution in [1.29, 1.82) is 0 Å². The standard InChI is InChI=1S/C14H12BrN3S/c1-8-6-10(7-9(2)12(8)15)18-13-11(17-14(18)19)4-3-5-16-13/h3-7H,1-2H3,(H,17,19). The molecule has 2 heterocycles. The fourth-order valence-corrected chi connectivity index (χ4v) is 2.76. The Hall–Kier alpha value is -1.46. The molecule has 0 atom stereocenters. The van der Waals surface area contributed by atoms with Crippen LogP contribution in [0.25, 0.3) is 16.9 Å². The number of hydrogen-bond acceptors (Lipinski definition) is 2. The number of H-pyrrole nitrogens is 1. The number of pyridine rings is 1. The summed E-state index contributed by atoms with van der Waals surface area (Å²) >= 11 is 9.00. The highest BCUT2D eigenvalue weighted by Gasteiger charge is 2.09. The SMILES string of the molecule is Cc1cc(-n2c(=S)[nH]c3cccnc32)cc(C)c1Br. The Morgan fingerprint density at radius 1 is 1.26 bits per heavy atom. The Morgan fingerprint density at radius 3 is 2.63 bits per heavy atom. The van der Waals surface area contributed by atoms with Gasteiger partial charge in [0.05, 0.1) is 11.2 Å². The smallest absolute Gasteiger partial charge is 0.183 e. The number of fused-ring (bicyclic) bond motifs is 1. The molecule has 3 aromatic rings. The number of hydrogen-bond donors (Lipinski definition) is 1. The van der Waals surface area contributed by atoms with Crippen LogP contribution in [0.5, 0.6) is 0 Å². The summed E-state index contributed by atoms with van der Waals surface area (Å²) in [6, 6.07) is 8.09. The Labute approximate surface area is 124 Å². The fraction of sp³-hybridized carbons (Fsp3) is 0.143. The van der Waals surface area contributed by atoms with Crippen LogP contribution in [0.3, 0.4) is 0 Å². The van der Waals surface area contributed by atoms with Crippen molar-refractivity contribution < 1.29 is 0 Å². The number of rotatable bonds is 1. The van der Waals surface area contributed by atoms with Gasteiger partial charge in [0.25, 0.3) is 0 Å². The summed E-state index contributed by atoms with van der Waals surface area (Å²) in [5, 5.41) is 0. The van der Waals surface area contributed by atoms with Gasteiger partial charge in [-0.1, -0.05) is 15.9 Å². The molecule has 5 heteroatoms. The van der Waals surface area contributed by atoms with Gasteiger partial charge in [-0.25, -0.2) is 4.98 Å². The molecule has 3 nitrogen and oxygen atoms in total. The van der Waals surface area contributed by atoms with E-state index >= 15 is 0 Å². The first-order chi connectivity index (χ1) is 9.08. The maximum absolute atomic E-state index is 5.41. The molecule has 0 aliphatic rings. The molecule has 0 aliphatic carbocycles. The van der Waals surface area contributed by atoms with Crippen LogP contribution in [0, 0.1) is 18.6 Å². The molecule has 0 bridgehead atoms. The van der Waals surface area contributed by atoms with E-state index in [1.807, 2.05) is 16.7 Å². The molecule has 1 aromatic carbocycles. The average Bonchev–Trinajstić information content (AvgIpc) is 2.71. The maximum atomic E-state index is 5.41. The van der Waals surface area contributed by atoms with Gasteiger partial charge < -0.3 is 4.98 Å². The highest BCUT2D eigenvalue weighted by atomic mass is 79.9. The minimum absolute atomic E-state index is 0.662. The zero-order chi connectivity index (χ0) is 13.6. The maximum Gasteiger partial charge on any atom is 0.183 e. The van der Waals surface area contributed by atoms with Crippen LogP contribution in [-0.4, -0.2) is 14.5 Å². The van der Waals surface area contributed by atoms with E-state index in [9.17, 15) is 0 Å². The molecule has 0 spiro atoms. The van der Waals surface area contributed by atoms with E-state index in [4.69, 9.17) is 12.2 Å². The second kappa shape index (κ2) is 4.58. The molecule has 19 heavy (non-hydrogen) atoms. The van der Waals surface area contributed by atoms with Gasteiger partial charge in [0, 0.05) is 10.7 Å². The van der Waals surface area contributed by atoms with Gasteiger partial charge in [-0.05, 0) is 61.5 Å². The topological polar surface area (TPSA) is 33.6 Å². The number of halogens is 1. The third-order valence-corrected chi connectivity index (χ3v) is 4.66. The van der Waals surface area contributed by atoms with E-state index in [1.54, 1.807) is 6.20 Å². The molecule has 0 radical (unpaired) electrons. The minimum Gasteiger partial charge on any atom is -0.329 e. The number of imidazole rings is 1. The molecule has 3 rings (SSSR count). The predicted octanol–water partition coefficient (Wildman–Crippen LogP) is 4.46. The van der Waals surface area contributed by atoms with Gasteiger partial charge in [-0.2, -0.15) is 0 Å². The van der Waals surface area contributed by atoms with E-state index in [0.29, 0.717) is 4.77 Å². The largest absolute Gasteiger partial charge is 0.329 e. The minimum atomic E-state index is 0.662.